The molecule has 2 rings (SSSR count). The molecule has 1 aromatic rings. The molecule has 1 aromatic carbocycles. The standard InChI is InChI=1S/C9H10O3/c1-9(10-7-11-12-9)8-5-3-2-4-6-8/h2-6H,7H2,1H3. The first-order chi connectivity index (χ1) is 5.81. The topological polar surface area (TPSA) is 27.7 Å². The first-order valence-corrected chi connectivity index (χ1v) is 3.81. The summed E-state index contributed by atoms with van der Waals surface area (Å²) in [5.41, 5.74) is 0.961. The van der Waals surface area contributed by atoms with Gasteiger partial charge in [0.05, 0.1) is 0 Å². The van der Waals surface area contributed by atoms with Gasteiger partial charge < -0.3 is 4.74 Å². The average molecular weight is 166 g/mol. The Balaban J connectivity index is 2.29. The Morgan fingerprint density at radius 1 is 1.25 bits per heavy atom. The molecule has 1 atom stereocenters. The number of hydrogen-bond acceptors (Lipinski definition) is 3. The molecule has 12 heavy (non-hydrogen) atoms. The molecule has 0 radical (unpaired) electrons. The third-order valence-electron chi connectivity index (χ3n) is 1.90. The van der Waals surface area contributed by atoms with Gasteiger partial charge >= 0.3 is 0 Å². The van der Waals surface area contributed by atoms with Gasteiger partial charge in [-0.2, -0.15) is 4.89 Å². The monoisotopic (exact) mass is 166 g/mol. The number of hydrogen-bond donors (Lipinski definition) is 0. The van der Waals surface area contributed by atoms with Crippen LogP contribution in [0.25, 0.3) is 0 Å². The van der Waals surface area contributed by atoms with Crippen LogP contribution in [0.2, 0.25) is 0 Å². The van der Waals surface area contributed by atoms with Crippen LogP contribution in [-0.4, -0.2) is 6.79 Å². The fraction of sp³-hybridized carbons (Fsp3) is 0.333. The largest absolute Gasteiger partial charge is 0.314 e. The molecular formula is C9H10O3. The summed E-state index contributed by atoms with van der Waals surface area (Å²) in [5, 5.41) is 0. The van der Waals surface area contributed by atoms with Crippen LogP contribution in [0.3, 0.4) is 0 Å². The van der Waals surface area contributed by atoms with E-state index >= 15 is 0 Å². The molecule has 1 aliphatic rings. The molecule has 0 N–H and O–H groups in total. The van der Waals surface area contributed by atoms with Crippen molar-refractivity contribution in [3.05, 3.63) is 35.9 Å². The summed E-state index contributed by atoms with van der Waals surface area (Å²) >= 11 is 0. The Kier molecular flexibility index (Phi) is 1.84. The third-order valence-corrected chi connectivity index (χ3v) is 1.90. The quantitative estimate of drug-likeness (QED) is 0.595. The molecular weight excluding hydrogens is 156 g/mol. The zero-order valence-electron chi connectivity index (χ0n) is 6.82. The zero-order chi connectivity index (χ0) is 8.44. The average Bonchev–Trinajstić information content (AvgIpc) is 2.55. The van der Waals surface area contributed by atoms with Crippen LogP contribution < -0.4 is 0 Å². The van der Waals surface area contributed by atoms with Gasteiger partial charge in [0.1, 0.15) is 0 Å². The van der Waals surface area contributed by atoms with Gasteiger partial charge in [-0.25, -0.2) is 4.89 Å². The smallest absolute Gasteiger partial charge is 0.227 e. The molecule has 0 saturated carbocycles. The van der Waals surface area contributed by atoms with Crippen LogP contribution >= 0.6 is 0 Å². The fourth-order valence-electron chi connectivity index (χ4n) is 1.17. The van der Waals surface area contributed by atoms with E-state index < -0.39 is 5.79 Å². The number of benzene rings is 1. The number of rotatable bonds is 1. The molecule has 64 valence electrons. The van der Waals surface area contributed by atoms with E-state index in [1.807, 2.05) is 37.3 Å². The van der Waals surface area contributed by atoms with Gasteiger partial charge in [-0.1, -0.05) is 30.3 Å². The maximum absolute atomic E-state index is 5.28. The Morgan fingerprint density at radius 2 is 2.00 bits per heavy atom. The molecule has 1 fully saturated rings. The lowest BCUT2D eigenvalue weighted by Crippen LogP contribution is -2.21. The normalized spacial score (nSPS) is 29.1. The van der Waals surface area contributed by atoms with Crippen LogP contribution in [-0.2, 0) is 20.3 Å². The molecule has 0 aliphatic carbocycles. The van der Waals surface area contributed by atoms with Gasteiger partial charge in [-0.3, -0.25) is 0 Å². The van der Waals surface area contributed by atoms with Crippen molar-refractivity contribution in [2.75, 3.05) is 6.79 Å². The van der Waals surface area contributed by atoms with E-state index in [0.717, 1.165) is 5.56 Å². The van der Waals surface area contributed by atoms with Crippen molar-refractivity contribution < 1.29 is 14.5 Å². The van der Waals surface area contributed by atoms with Crippen molar-refractivity contribution in [2.24, 2.45) is 0 Å². The molecule has 1 aliphatic heterocycles. The molecule has 1 saturated heterocycles. The Hall–Kier alpha value is -0.900. The van der Waals surface area contributed by atoms with Crippen LogP contribution in [0.5, 0.6) is 0 Å². The summed E-state index contributed by atoms with van der Waals surface area (Å²) in [6.07, 6.45) is 0. The highest BCUT2D eigenvalue weighted by molar-refractivity contribution is 5.19. The van der Waals surface area contributed by atoms with Gasteiger partial charge in [0.25, 0.3) is 0 Å². The second-order valence-electron chi connectivity index (χ2n) is 2.78. The van der Waals surface area contributed by atoms with Crippen molar-refractivity contribution in [1.82, 2.24) is 0 Å². The summed E-state index contributed by atoms with van der Waals surface area (Å²) in [7, 11) is 0. The highest BCUT2D eigenvalue weighted by atomic mass is 17.3. The van der Waals surface area contributed by atoms with Gasteiger partial charge in [-0.15, -0.1) is 0 Å². The van der Waals surface area contributed by atoms with E-state index in [9.17, 15) is 0 Å². The minimum Gasteiger partial charge on any atom is -0.314 e. The van der Waals surface area contributed by atoms with Gasteiger partial charge in [0, 0.05) is 5.56 Å². The minimum atomic E-state index is -0.735. The van der Waals surface area contributed by atoms with Gasteiger partial charge in [0.2, 0.25) is 5.79 Å². The van der Waals surface area contributed by atoms with Crippen LogP contribution in [0.15, 0.2) is 30.3 Å². The minimum absolute atomic E-state index is 0.186. The predicted molar refractivity (Wildman–Crippen MR) is 41.9 cm³/mol. The Morgan fingerprint density at radius 3 is 2.58 bits per heavy atom. The van der Waals surface area contributed by atoms with Crippen molar-refractivity contribution in [2.45, 2.75) is 12.7 Å². The first kappa shape index (κ1) is 7.73. The molecule has 0 aromatic heterocycles. The van der Waals surface area contributed by atoms with Gasteiger partial charge in [0.15, 0.2) is 6.79 Å². The van der Waals surface area contributed by atoms with Gasteiger partial charge in [-0.05, 0) is 6.92 Å². The number of ether oxygens (including phenoxy) is 1. The van der Waals surface area contributed by atoms with Crippen LogP contribution in [0, 0.1) is 0 Å². The Labute approximate surface area is 70.8 Å². The molecule has 0 amide bonds. The summed E-state index contributed by atoms with van der Waals surface area (Å²) < 4.78 is 5.28. The fourth-order valence-corrected chi connectivity index (χ4v) is 1.17. The van der Waals surface area contributed by atoms with E-state index in [4.69, 9.17) is 14.5 Å². The molecule has 0 bridgehead atoms. The van der Waals surface area contributed by atoms with E-state index in [2.05, 4.69) is 0 Å². The maximum Gasteiger partial charge on any atom is 0.227 e. The van der Waals surface area contributed by atoms with E-state index in [1.54, 1.807) is 0 Å². The zero-order valence-corrected chi connectivity index (χ0v) is 6.82. The Bertz CT molecular complexity index is 252. The summed E-state index contributed by atoms with van der Waals surface area (Å²) in [4.78, 5) is 9.70. The van der Waals surface area contributed by atoms with Crippen LogP contribution in [0.4, 0.5) is 0 Å². The molecule has 3 heteroatoms. The SMILES string of the molecule is CC1(c2ccccc2)OCOO1. The highest BCUT2D eigenvalue weighted by Crippen LogP contribution is 2.30. The summed E-state index contributed by atoms with van der Waals surface area (Å²) in [6, 6.07) is 9.70. The molecule has 3 nitrogen and oxygen atoms in total. The van der Waals surface area contributed by atoms with Crippen LogP contribution in [0.1, 0.15) is 12.5 Å². The summed E-state index contributed by atoms with van der Waals surface area (Å²) in [6.45, 7) is 2.01. The van der Waals surface area contributed by atoms with Crippen molar-refractivity contribution in [3.63, 3.8) is 0 Å². The maximum atomic E-state index is 5.28. The highest BCUT2D eigenvalue weighted by Gasteiger charge is 2.34. The lowest BCUT2D eigenvalue weighted by molar-refractivity contribution is -0.321. The summed E-state index contributed by atoms with van der Waals surface area (Å²) in [5.74, 6) is -0.735. The lowest BCUT2D eigenvalue weighted by Gasteiger charge is -2.18. The molecule has 1 heterocycles. The van der Waals surface area contributed by atoms with Crippen molar-refractivity contribution in [1.29, 1.82) is 0 Å². The van der Waals surface area contributed by atoms with E-state index in [-0.39, 0.29) is 6.79 Å². The third kappa shape index (κ3) is 1.22. The van der Waals surface area contributed by atoms with E-state index in [0.29, 0.717) is 0 Å². The first-order valence-electron chi connectivity index (χ1n) is 3.81. The lowest BCUT2D eigenvalue weighted by atomic mass is 10.1. The van der Waals surface area contributed by atoms with Crippen molar-refractivity contribution in [3.8, 4) is 0 Å². The predicted octanol–water partition coefficient (Wildman–Crippen LogP) is 1.80. The van der Waals surface area contributed by atoms with E-state index in [1.165, 1.54) is 0 Å². The second-order valence-corrected chi connectivity index (χ2v) is 2.78. The second kappa shape index (κ2) is 2.86. The molecule has 0 spiro atoms. The van der Waals surface area contributed by atoms with Crippen molar-refractivity contribution >= 4 is 0 Å². The molecule has 1 unspecified atom stereocenters.